The molecule has 7 nitrogen and oxygen atoms in total. The molecule has 0 bridgehead atoms. The molecule has 0 N–H and O–H groups in total. The number of rotatable bonds is 5. The number of imide groups is 1. The van der Waals surface area contributed by atoms with Crippen LogP contribution >= 0.6 is 0 Å². The third kappa shape index (κ3) is 3.47. The van der Waals surface area contributed by atoms with Crippen LogP contribution in [0, 0.1) is 0 Å². The van der Waals surface area contributed by atoms with Crippen LogP contribution in [0.3, 0.4) is 0 Å². The summed E-state index contributed by atoms with van der Waals surface area (Å²) in [5.41, 5.74) is 0.688. The minimum absolute atomic E-state index is 0.124. The third-order valence-electron chi connectivity index (χ3n) is 4.90. The fraction of sp³-hybridized carbons (Fsp3) is 0.474. The first kappa shape index (κ1) is 18.1. The minimum atomic E-state index is -0.424. The monoisotopic (exact) mass is 357 g/mol. The highest BCUT2D eigenvalue weighted by molar-refractivity contribution is 6.22. The zero-order chi connectivity index (χ0) is 18.7. The first-order valence-electron chi connectivity index (χ1n) is 9.03. The van der Waals surface area contributed by atoms with Gasteiger partial charge in [-0.25, -0.2) is 0 Å². The molecule has 0 radical (unpaired) electrons. The molecule has 2 aliphatic rings. The molecule has 0 aromatic heterocycles. The van der Waals surface area contributed by atoms with E-state index < -0.39 is 11.8 Å². The van der Waals surface area contributed by atoms with Gasteiger partial charge in [-0.15, -0.1) is 0 Å². The molecule has 4 amide bonds. The summed E-state index contributed by atoms with van der Waals surface area (Å²) >= 11 is 0. The second-order valence-corrected chi connectivity index (χ2v) is 6.61. The number of unbranched alkanes of at least 4 members (excludes halogenated alkanes) is 1. The summed E-state index contributed by atoms with van der Waals surface area (Å²) in [4.78, 5) is 53.7. The molecule has 1 fully saturated rings. The molecule has 0 atom stereocenters. The van der Waals surface area contributed by atoms with Gasteiger partial charge >= 0.3 is 0 Å². The number of fused-ring (bicyclic) bond motifs is 1. The van der Waals surface area contributed by atoms with Crippen molar-refractivity contribution in [2.45, 2.75) is 26.2 Å². The van der Waals surface area contributed by atoms with E-state index >= 15 is 0 Å². The quantitative estimate of drug-likeness (QED) is 0.741. The molecule has 26 heavy (non-hydrogen) atoms. The minimum Gasteiger partial charge on any atom is -0.339 e. The van der Waals surface area contributed by atoms with Gasteiger partial charge in [0.25, 0.3) is 11.8 Å². The molecular weight excluding hydrogens is 334 g/mol. The van der Waals surface area contributed by atoms with E-state index in [1.807, 2.05) is 6.92 Å². The topological polar surface area (TPSA) is 78.0 Å². The molecule has 138 valence electrons. The molecule has 3 rings (SSSR count). The van der Waals surface area contributed by atoms with Gasteiger partial charge in [0.15, 0.2) is 0 Å². The summed E-state index contributed by atoms with van der Waals surface area (Å²) in [5, 5.41) is 0. The van der Waals surface area contributed by atoms with Crippen LogP contribution in [-0.2, 0) is 9.59 Å². The number of carbonyl (C=O) groups is 4. The summed E-state index contributed by atoms with van der Waals surface area (Å²) in [7, 11) is 0. The van der Waals surface area contributed by atoms with Crippen molar-refractivity contribution in [2.24, 2.45) is 0 Å². The largest absolute Gasteiger partial charge is 0.339 e. The van der Waals surface area contributed by atoms with E-state index in [2.05, 4.69) is 0 Å². The van der Waals surface area contributed by atoms with Crippen LogP contribution < -0.4 is 0 Å². The second-order valence-electron chi connectivity index (χ2n) is 6.61. The van der Waals surface area contributed by atoms with E-state index in [1.54, 1.807) is 34.1 Å². The highest BCUT2D eigenvalue weighted by atomic mass is 16.2. The Morgan fingerprint density at radius 3 is 1.88 bits per heavy atom. The number of hydrogen-bond acceptors (Lipinski definition) is 4. The van der Waals surface area contributed by atoms with Gasteiger partial charge in [-0.1, -0.05) is 25.5 Å². The fourth-order valence-corrected chi connectivity index (χ4v) is 3.31. The molecule has 0 unspecified atom stereocenters. The number of piperazine rings is 1. The lowest BCUT2D eigenvalue weighted by molar-refractivity contribution is -0.139. The van der Waals surface area contributed by atoms with Gasteiger partial charge in [-0.3, -0.25) is 24.1 Å². The Morgan fingerprint density at radius 1 is 0.885 bits per heavy atom. The van der Waals surface area contributed by atoms with E-state index in [0.29, 0.717) is 43.7 Å². The van der Waals surface area contributed by atoms with Crippen LogP contribution in [0.4, 0.5) is 0 Å². The van der Waals surface area contributed by atoms with E-state index in [0.717, 1.165) is 17.7 Å². The third-order valence-corrected chi connectivity index (χ3v) is 4.90. The number of carbonyl (C=O) groups excluding carboxylic acids is 4. The summed E-state index contributed by atoms with van der Waals surface area (Å²) < 4.78 is 0. The van der Waals surface area contributed by atoms with Crippen molar-refractivity contribution in [3.63, 3.8) is 0 Å². The number of hydrogen-bond donors (Lipinski definition) is 0. The van der Waals surface area contributed by atoms with Gasteiger partial charge in [-0.2, -0.15) is 0 Å². The Morgan fingerprint density at radius 2 is 1.38 bits per heavy atom. The highest BCUT2D eigenvalue weighted by Crippen LogP contribution is 2.22. The van der Waals surface area contributed by atoms with Crippen molar-refractivity contribution in [3.8, 4) is 0 Å². The first-order valence-corrected chi connectivity index (χ1v) is 9.03. The molecule has 7 heteroatoms. The second kappa shape index (κ2) is 7.68. The SMILES string of the molecule is CCCCC(=O)N1CCN(C(=O)CN2C(=O)c3ccccc3C2=O)CC1. The fourth-order valence-electron chi connectivity index (χ4n) is 3.31. The van der Waals surface area contributed by atoms with Crippen molar-refractivity contribution in [3.05, 3.63) is 35.4 Å². The Bertz CT molecular complexity index is 703. The lowest BCUT2D eigenvalue weighted by Crippen LogP contribution is -2.53. The number of nitrogens with zero attached hydrogens (tertiary/aromatic N) is 3. The molecule has 0 spiro atoms. The van der Waals surface area contributed by atoms with Crippen LogP contribution in [0.25, 0.3) is 0 Å². The van der Waals surface area contributed by atoms with Gasteiger partial charge in [0.1, 0.15) is 6.54 Å². The predicted molar refractivity (Wildman–Crippen MR) is 94.5 cm³/mol. The lowest BCUT2D eigenvalue weighted by atomic mass is 10.1. The van der Waals surface area contributed by atoms with E-state index in [-0.39, 0.29) is 18.4 Å². The highest BCUT2D eigenvalue weighted by Gasteiger charge is 2.37. The van der Waals surface area contributed by atoms with Gasteiger partial charge in [-0.05, 0) is 18.6 Å². The van der Waals surface area contributed by atoms with Crippen molar-refractivity contribution in [1.82, 2.24) is 14.7 Å². The van der Waals surface area contributed by atoms with Crippen LogP contribution in [-0.4, -0.2) is 71.1 Å². The maximum absolute atomic E-state index is 12.5. The van der Waals surface area contributed by atoms with Crippen LogP contribution in [0.1, 0.15) is 46.9 Å². The van der Waals surface area contributed by atoms with Crippen molar-refractivity contribution in [2.75, 3.05) is 32.7 Å². The molecule has 0 saturated carbocycles. The maximum atomic E-state index is 12.5. The smallest absolute Gasteiger partial charge is 0.262 e. The average molecular weight is 357 g/mol. The lowest BCUT2D eigenvalue weighted by Gasteiger charge is -2.35. The van der Waals surface area contributed by atoms with E-state index in [1.165, 1.54) is 0 Å². The Labute approximate surface area is 152 Å². The predicted octanol–water partition coefficient (Wildman–Crippen LogP) is 1.14. The zero-order valence-electron chi connectivity index (χ0n) is 14.9. The number of amides is 4. The summed E-state index contributed by atoms with van der Waals surface area (Å²) in [5.74, 6) is -0.987. The Hall–Kier alpha value is -2.70. The Kier molecular flexibility index (Phi) is 5.35. The van der Waals surface area contributed by atoms with Crippen LogP contribution in [0.2, 0.25) is 0 Å². The van der Waals surface area contributed by atoms with Gasteiger partial charge in [0, 0.05) is 32.6 Å². The molecule has 1 saturated heterocycles. The molecule has 1 aromatic carbocycles. The van der Waals surface area contributed by atoms with E-state index in [4.69, 9.17) is 0 Å². The molecule has 0 aliphatic carbocycles. The molecular formula is C19H23N3O4. The van der Waals surface area contributed by atoms with Gasteiger partial charge in [0.2, 0.25) is 11.8 Å². The molecule has 2 heterocycles. The maximum Gasteiger partial charge on any atom is 0.262 e. The summed E-state index contributed by atoms with van der Waals surface area (Å²) in [6.07, 6.45) is 2.39. The first-order chi connectivity index (χ1) is 12.5. The van der Waals surface area contributed by atoms with E-state index in [9.17, 15) is 19.2 Å². The van der Waals surface area contributed by atoms with Crippen molar-refractivity contribution in [1.29, 1.82) is 0 Å². The van der Waals surface area contributed by atoms with Gasteiger partial charge in [0.05, 0.1) is 11.1 Å². The summed E-state index contributed by atoms with van der Waals surface area (Å²) in [6.45, 7) is 3.64. The van der Waals surface area contributed by atoms with Gasteiger partial charge < -0.3 is 9.80 Å². The zero-order valence-corrected chi connectivity index (χ0v) is 14.9. The van der Waals surface area contributed by atoms with Crippen LogP contribution in [0.5, 0.6) is 0 Å². The standard InChI is InChI=1S/C19H23N3O4/c1-2-3-8-16(23)20-9-11-21(12-10-20)17(24)13-22-18(25)14-6-4-5-7-15(14)19(22)26/h4-7H,2-3,8-13H2,1H3. The summed E-state index contributed by atoms with van der Waals surface area (Å²) in [6, 6.07) is 6.59. The average Bonchev–Trinajstić information content (AvgIpc) is 2.91. The van der Waals surface area contributed by atoms with Crippen molar-refractivity contribution >= 4 is 23.6 Å². The normalized spacial score (nSPS) is 16.9. The van der Waals surface area contributed by atoms with Crippen molar-refractivity contribution < 1.29 is 19.2 Å². The molecule has 1 aromatic rings. The molecule has 2 aliphatic heterocycles. The van der Waals surface area contributed by atoms with Crippen LogP contribution in [0.15, 0.2) is 24.3 Å². The number of benzene rings is 1. The Balaban J connectivity index is 1.55.